The Morgan fingerprint density at radius 3 is 2.76 bits per heavy atom. The molecule has 0 bridgehead atoms. The maximum atomic E-state index is 11.9. The van der Waals surface area contributed by atoms with Crippen LogP contribution in [-0.2, 0) is 11.2 Å². The van der Waals surface area contributed by atoms with Gasteiger partial charge in [-0.05, 0) is 55.2 Å². The number of amides is 1. The summed E-state index contributed by atoms with van der Waals surface area (Å²) >= 11 is 0. The lowest BCUT2D eigenvalue weighted by Crippen LogP contribution is -2.10. The van der Waals surface area contributed by atoms with Gasteiger partial charge < -0.3 is 14.8 Å². The monoisotopic (exact) mass is 338 g/mol. The first-order valence-electron chi connectivity index (χ1n) is 8.55. The summed E-state index contributed by atoms with van der Waals surface area (Å²) < 4.78 is 5.81. The summed E-state index contributed by atoms with van der Waals surface area (Å²) in [5.74, 6) is 0.398. The van der Waals surface area contributed by atoms with Crippen molar-refractivity contribution >= 4 is 22.7 Å². The number of fused-ring (bicyclic) bond motifs is 1. The predicted molar refractivity (Wildman–Crippen MR) is 98.8 cm³/mol. The van der Waals surface area contributed by atoms with E-state index < -0.39 is 0 Å². The Kier molecular flexibility index (Phi) is 4.74. The number of rotatable bonds is 5. The summed E-state index contributed by atoms with van der Waals surface area (Å²) in [7, 11) is 0. The molecule has 0 radical (unpaired) electrons. The van der Waals surface area contributed by atoms with E-state index in [0.717, 1.165) is 18.4 Å². The highest BCUT2D eigenvalue weighted by Crippen LogP contribution is 2.36. The van der Waals surface area contributed by atoms with Crippen LogP contribution < -0.4 is 5.32 Å². The van der Waals surface area contributed by atoms with Gasteiger partial charge in [0.25, 0.3) is 0 Å². The molecule has 0 aliphatic carbocycles. The second kappa shape index (κ2) is 6.97. The van der Waals surface area contributed by atoms with Gasteiger partial charge in [0.15, 0.2) is 5.58 Å². The van der Waals surface area contributed by atoms with E-state index in [0.29, 0.717) is 34.7 Å². The highest BCUT2D eigenvalue weighted by molar-refractivity contribution is 5.92. The van der Waals surface area contributed by atoms with Gasteiger partial charge in [-0.15, -0.1) is 0 Å². The third kappa shape index (κ3) is 3.50. The molecule has 0 aliphatic rings. The Bertz CT molecular complexity index is 928. The first-order chi connectivity index (χ1) is 12.0. The zero-order valence-corrected chi connectivity index (χ0v) is 14.7. The average Bonchev–Trinajstić information content (AvgIpc) is 3.00. The summed E-state index contributed by atoms with van der Waals surface area (Å²) in [5, 5.41) is 13.3. The number of hydrogen-bond acceptors (Lipinski definition) is 4. The fraction of sp³-hybridized carbons (Fsp3) is 0.300. The van der Waals surface area contributed by atoms with Crippen molar-refractivity contribution in [2.45, 2.75) is 40.0 Å². The van der Waals surface area contributed by atoms with Crippen LogP contribution in [0.25, 0.3) is 22.6 Å². The second-order valence-electron chi connectivity index (χ2n) is 6.16. The summed E-state index contributed by atoms with van der Waals surface area (Å²) in [6.07, 6.45) is 2.15. The molecular weight excluding hydrogens is 316 g/mol. The summed E-state index contributed by atoms with van der Waals surface area (Å²) in [6.45, 7) is 5.82. The molecule has 0 aliphatic heterocycles. The number of aromatic hydroxyl groups is 1. The standard InChI is InChI=1S/C20H22N2O3/c1-4-6-18(23)21-14-9-12(3)19(24)15(11-14)20-22-16-10-13(5-2)7-8-17(16)25-20/h7-11,24H,4-6H2,1-3H3,(H,21,23). The van der Waals surface area contributed by atoms with Gasteiger partial charge in [-0.1, -0.05) is 19.9 Å². The molecule has 0 atom stereocenters. The largest absolute Gasteiger partial charge is 0.507 e. The molecule has 0 fully saturated rings. The number of carbonyl (C=O) groups excluding carboxylic acids is 1. The van der Waals surface area contributed by atoms with Crippen LogP contribution in [0.15, 0.2) is 34.7 Å². The molecule has 2 N–H and O–H groups in total. The summed E-state index contributed by atoms with van der Waals surface area (Å²) in [6, 6.07) is 9.32. The molecule has 2 aromatic carbocycles. The molecular formula is C20H22N2O3. The Morgan fingerprint density at radius 2 is 2.04 bits per heavy atom. The predicted octanol–water partition coefficient (Wildman–Crippen LogP) is 4.81. The SMILES string of the molecule is CCCC(=O)Nc1cc(C)c(O)c(-c2nc3cc(CC)ccc3o2)c1. The van der Waals surface area contributed by atoms with Gasteiger partial charge >= 0.3 is 0 Å². The van der Waals surface area contributed by atoms with Crippen molar-refractivity contribution in [2.75, 3.05) is 5.32 Å². The number of anilines is 1. The van der Waals surface area contributed by atoms with E-state index in [1.807, 2.05) is 25.1 Å². The van der Waals surface area contributed by atoms with Crippen LogP contribution in [0.5, 0.6) is 5.75 Å². The quantitative estimate of drug-likeness (QED) is 0.655. The molecule has 5 heteroatoms. The van der Waals surface area contributed by atoms with E-state index in [1.165, 1.54) is 5.56 Å². The molecule has 130 valence electrons. The van der Waals surface area contributed by atoms with E-state index in [1.54, 1.807) is 19.1 Å². The Hall–Kier alpha value is -2.82. The van der Waals surface area contributed by atoms with Gasteiger partial charge in [-0.25, -0.2) is 4.98 Å². The topological polar surface area (TPSA) is 75.4 Å². The van der Waals surface area contributed by atoms with Crippen molar-refractivity contribution in [3.05, 3.63) is 41.5 Å². The zero-order chi connectivity index (χ0) is 18.0. The maximum Gasteiger partial charge on any atom is 0.231 e. The highest BCUT2D eigenvalue weighted by Gasteiger charge is 2.16. The fourth-order valence-corrected chi connectivity index (χ4v) is 2.77. The van der Waals surface area contributed by atoms with Crippen molar-refractivity contribution in [3.63, 3.8) is 0 Å². The molecule has 0 saturated carbocycles. The van der Waals surface area contributed by atoms with Gasteiger partial charge in [-0.3, -0.25) is 4.79 Å². The van der Waals surface area contributed by atoms with Crippen molar-refractivity contribution in [3.8, 4) is 17.2 Å². The number of oxazole rings is 1. The lowest BCUT2D eigenvalue weighted by Gasteiger charge is -2.10. The van der Waals surface area contributed by atoms with E-state index >= 15 is 0 Å². The third-order valence-corrected chi connectivity index (χ3v) is 4.15. The van der Waals surface area contributed by atoms with Gasteiger partial charge in [-0.2, -0.15) is 0 Å². The van der Waals surface area contributed by atoms with Crippen molar-refractivity contribution in [2.24, 2.45) is 0 Å². The van der Waals surface area contributed by atoms with E-state index in [9.17, 15) is 9.90 Å². The fourth-order valence-electron chi connectivity index (χ4n) is 2.77. The molecule has 25 heavy (non-hydrogen) atoms. The molecule has 0 saturated heterocycles. The Morgan fingerprint density at radius 1 is 1.24 bits per heavy atom. The number of phenolic OH excluding ortho intramolecular Hbond substituents is 1. The molecule has 0 unspecified atom stereocenters. The van der Waals surface area contributed by atoms with Crippen LogP contribution in [0.3, 0.4) is 0 Å². The van der Waals surface area contributed by atoms with E-state index in [2.05, 4.69) is 17.2 Å². The first kappa shape index (κ1) is 17.0. The van der Waals surface area contributed by atoms with Crippen molar-refractivity contribution in [1.82, 2.24) is 4.98 Å². The molecule has 0 spiro atoms. The van der Waals surface area contributed by atoms with Crippen LogP contribution in [0.1, 0.15) is 37.8 Å². The molecule has 1 amide bonds. The van der Waals surface area contributed by atoms with Gasteiger partial charge in [0.2, 0.25) is 11.8 Å². The Balaban J connectivity index is 2.03. The van der Waals surface area contributed by atoms with E-state index in [-0.39, 0.29) is 11.7 Å². The summed E-state index contributed by atoms with van der Waals surface area (Å²) in [5.41, 5.74) is 4.35. The number of nitrogens with one attached hydrogen (secondary N) is 1. The first-order valence-corrected chi connectivity index (χ1v) is 8.55. The third-order valence-electron chi connectivity index (χ3n) is 4.15. The minimum Gasteiger partial charge on any atom is -0.507 e. The van der Waals surface area contributed by atoms with Crippen molar-refractivity contribution in [1.29, 1.82) is 0 Å². The second-order valence-corrected chi connectivity index (χ2v) is 6.16. The molecule has 1 heterocycles. The summed E-state index contributed by atoms with van der Waals surface area (Å²) in [4.78, 5) is 16.4. The van der Waals surface area contributed by atoms with Crippen LogP contribution in [-0.4, -0.2) is 16.0 Å². The molecule has 3 aromatic rings. The lowest BCUT2D eigenvalue weighted by atomic mass is 10.1. The van der Waals surface area contributed by atoms with Gasteiger partial charge in [0, 0.05) is 12.1 Å². The maximum absolute atomic E-state index is 11.9. The van der Waals surface area contributed by atoms with Gasteiger partial charge in [0.05, 0.1) is 5.56 Å². The number of phenols is 1. The zero-order valence-electron chi connectivity index (χ0n) is 14.7. The number of nitrogens with zero attached hydrogens (tertiary/aromatic N) is 1. The number of benzene rings is 2. The van der Waals surface area contributed by atoms with Crippen LogP contribution in [0.2, 0.25) is 0 Å². The molecule has 5 nitrogen and oxygen atoms in total. The van der Waals surface area contributed by atoms with Crippen molar-refractivity contribution < 1.29 is 14.3 Å². The average molecular weight is 338 g/mol. The molecule has 3 rings (SSSR count). The molecule has 1 aromatic heterocycles. The van der Waals surface area contributed by atoms with Crippen LogP contribution >= 0.6 is 0 Å². The highest BCUT2D eigenvalue weighted by atomic mass is 16.3. The minimum atomic E-state index is -0.0521. The smallest absolute Gasteiger partial charge is 0.231 e. The minimum absolute atomic E-state index is 0.0521. The number of hydrogen-bond donors (Lipinski definition) is 2. The van der Waals surface area contributed by atoms with Gasteiger partial charge in [0.1, 0.15) is 11.3 Å². The number of aromatic nitrogens is 1. The lowest BCUT2D eigenvalue weighted by molar-refractivity contribution is -0.116. The van der Waals surface area contributed by atoms with Crippen LogP contribution in [0, 0.1) is 6.92 Å². The van der Waals surface area contributed by atoms with E-state index in [4.69, 9.17) is 4.42 Å². The van der Waals surface area contributed by atoms with Crippen LogP contribution in [0.4, 0.5) is 5.69 Å². The Labute approximate surface area is 146 Å². The number of carbonyl (C=O) groups is 1. The normalized spacial score (nSPS) is 11.0. The number of aryl methyl sites for hydroxylation is 2.